The summed E-state index contributed by atoms with van der Waals surface area (Å²) in [7, 11) is 0. The summed E-state index contributed by atoms with van der Waals surface area (Å²) in [5.41, 5.74) is 0. The summed E-state index contributed by atoms with van der Waals surface area (Å²) in [4.78, 5) is 11.3. The molecule has 0 spiro atoms. The minimum atomic E-state index is -1.79. The van der Waals surface area contributed by atoms with Gasteiger partial charge >= 0.3 is 0 Å². The predicted octanol–water partition coefficient (Wildman–Crippen LogP) is -1.82. The number of ketones is 1. The lowest BCUT2D eigenvalue weighted by Gasteiger charge is -2.24. The van der Waals surface area contributed by atoms with Gasteiger partial charge in [0, 0.05) is 6.42 Å². The molecule has 0 aromatic rings. The lowest BCUT2D eigenvalue weighted by Crippen LogP contribution is -2.48. The van der Waals surface area contributed by atoms with Crippen molar-refractivity contribution in [1.29, 1.82) is 0 Å². The normalized spacial score (nSPS) is 18.9. The van der Waals surface area contributed by atoms with Crippen molar-refractivity contribution in [2.45, 2.75) is 50.6 Å². The van der Waals surface area contributed by atoms with Crippen LogP contribution in [-0.4, -0.2) is 62.3 Å². The van der Waals surface area contributed by atoms with Crippen molar-refractivity contribution < 1.29 is 30.3 Å². The molecule has 0 rings (SSSR count). The number of aliphatic hydroxyl groups excluding tert-OH is 5. The van der Waals surface area contributed by atoms with Gasteiger partial charge in [-0.05, 0) is 6.42 Å². The second-order valence-corrected chi connectivity index (χ2v) is 3.75. The number of aliphatic hydroxyl groups is 5. The molecule has 6 nitrogen and oxygen atoms in total. The van der Waals surface area contributed by atoms with E-state index in [2.05, 4.69) is 0 Å². The molecule has 5 N–H and O–H groups in total. The van der Waals surface area contributed by atoms with Crippen LogP contribution in [0.1, 0.15) is 26.2 Å². The van der Waals surface area contributed by atoms with E-state index < -0.39 is 36.8 Å². The van der Waals surface area contributed by atoms with E-state index in [1.807, 2.05) is 6.92 Å². The molecular weight excluding hydrogens is 216 g/mol. The van der Waals surface area contributed by atoms with Crippen molar-refractivity contribution in [3.63, 3.8) is 0 Å². The molecule has 0 aliphatic rings. The van der Waals surface area contributed by atoms with Gasteiger partial charge in [-0.1, -0.05) is 13.3 Å². The van der Waals surface area contributed by atoms with Crippen LogP contribution in [-0.2, 0) is 4.79 Å². The Kier molecular flexibility index (Phi) is 7.44. The van der Waals surface area contributed by atoms with Gasteiger partial charge in [0.25, 0.3) is 0 Å². The number of hydrogen-bond donors (Lipinski definition) is 5. The number of hydrogen-bond acceptors (Lipinski definition) is 6. The van der Waals surface area contributed by atoms with E-state index in [-0.39, 0.29) is 6.42 Å². The van der Waals surface area contributed by atoms with Crippen LogP contribution >= 0.6 is 0 Å². The molecule has 0 bridgehead atoms. The Hall–Kier alpha value is -0.530. The fraction of sp³-hybridized carbons (Fsp3) is 0.900. The first-order valence-electron chi connectivity index (χ1n) is 5.31. The van der Waals surface area contributed by atoms with Gasteiger partial charge in [-0.15, -0.1) is 0 Å². The molecule has 6 heteroatoms. The van der Waals surface area contributed by atoms with E-state index in [9.17, 15) is 20.1 Å². The van der Waals surface area contributed by atoms with Gasteiger partial charge in [0.05, 0.1) is 6.61 Å². The highest BCUT2D eigenvalue weighted by Crippen LogP contribution is 2.09. The van der Waals surface area contributed by atoms with Crippen LogP contribution in [0.2, 0.25) is 0 Å². The quantitative estimate of drug-likeness (QED) is 0.339. The largest absolute Gasteiger partial charge is 0.394 e. The summed E-state index contributed by atoms with van der Waals surface area (Å²) in [5.74, 6) is -0.585. The van der Waals surface area contributed by atoms with Crippen LogP contribution in [0.25, 0.3) is 0 Å². The third-order valence-electron chi connectivity index (χ3n) is 2.36. The average Bonchev–Trinajstić information content (AvgIpc) is 2.31. The summed E-state index contributed by atoms with van der Waals surface area (Å²) < 4.78 is 0. The summed E-state index contributed by atoms with van der Waals surface area (Å²) in [6.45, 7) is 1.12. The van der Waals surface area contributed by atoms with Crippen LogP contribution in [0.3, 0.4) is 0 Å². The molecule has 16 heavy (non-hydrogen) atoms. The minimum absolute atomic E-state index is 0.108. The van der Waals surface area contributed by atoms with Crippen LogP contribution in [0.4, 0.5) is 0 Å². The van der Waals surface area contributed by atoms with Crippen molar-refractivity contribution in [2.75, 3.05) is 6.61 Å². The highest BCUT2D eigenvalue weighted by Gasteiger charge is 2.33. The SMILES string of the molecule is CCCCC(=O)[C@H](O)[C@@H](O)[C@@H](O)[C@H](O)CO. The molecule has 0 aromatic carbocycles. The summed E-state index contributed by atoms with van der Waals surface area (Å²) >= 11 is 0. The van der Waals surface area contributed by atoms with E-state index in [4.69, 9.17) is 10.2 Å². The van der Waals surface area contributed by atoms with E-state index in [0.717, 1.165) is 6.42 Å². The zero-order valence-electron chi connectivity index (χ0n) is 9.28. The van der Waals surface area contributed by atoms with Crippen molar-refractivity contribution in [2.24, 2.45) is 0 Å². The molecular formula is C10H20O6. The van der Waals surface area contributed by atoms with Gasteiger partial charge in [-0.25, -0.2) is 0 Å². The van der Waals surface area contributed by atoms with Gasteiger partial charge in [-0.2, -0.15) is 0 Å². The first-order chi connectivity index (χ1) is 7.45. The number of unbranched alkanes of at least 4 members (excludes halogenated alkanes) is 1. The first kappa shape index (κ1) is 15.5. The fourth-order valence-corrected chi connectivity index (χ4v) is 1.21. The van der Waals surface area contributed by atoms with Gasteiger partial charge in [0.1, 0.15) is 24.4 Å². The Balaban J connectivity index is 4.25. The summed E-state index contributed by atoms with van der Waals surface area (Å²) in [5, 5.41) is 45.5. The smallest absolute Gasteiger partial charge is 0.164 e. The molecule has 0 unspecified atom stereocenters. The van der Waals surface area contributed by atoms with E-state index in [0.29, 0.717) is 6.42 Å². The van der Waals surface area contributed by atoms with Gasteiger partial charge in [0.2, 0.25) is 0 Å². The molecule has 0 aliphatic heterocycles. The highest BCUT2D eigenvalue weighted by molar-refractivity contribution is 5.83. The second kappa shape index (κ2) is 7.70. The molecule has 0 saturated heterocycles. The molecule has 4 atom stereocenters. The Morgan fingerprint density at radius 2 is 1.69 bits per heavy atom. The van der Waals surface area contributed by atoms with Crippen LogP contribution < -0.4 is 0 Å². The Bertz CT molecular complexity index is 207. The maximum absolute atomic E-state index is 11.3. The monoisotopic (exact) mass is 236 g/mol. The molecule has 0 aliphatic carbocycles. The van der Waals surface area contributed by atoms with Crippen molar-refractivity contribution in [3.05, 3.63) is 0 Å². The molecule has 0 heterocycles. The van der Waals surface area contributed by atoms with E-state index in [1.54, 1.807) is 0 Å². The zero-order valence-corrected chi connectivity index (χ0v) is 9.28. The number of carbonyl (C=O) groups is 1. The van der Waals surface area contributed by atoms with Crippen molar-refractivity contribution in [3.8, 4) is 0 Å². The number of Topliss-reactive ketones (excluding diaryl/α,β-unsaturated/α-hetero) is 1. The van der Waals surface area contributed by atoms with Crippen molar-refractivity contribution >= 4 is 5.78 Å². The van der Waals surface area contributed by atoms with E-state index >= 15 is 0 Å². The fourth-order valence-electron chi connectivity index (χ4n) is 1.21. The van der Waals surface area contributed by atoms with Crippen LogP contribution in [0, 0.1) is 0 Å². The number of carbonyl (C=O) groups excluding carboxylic acids is 1. The molecule has 0 amide bonds. The predicted molar refractivity (Wildman–Crippen MR) is 55.6 cm³/mol. The number of rotatable bonds is 8. The Labute approximate surface area is 94.2 Å². The lowest BCUT2D eigenvalue weighted by molar-refractivity contribution is -0.147. The average molecular weight is 236 g/mol. The molecule has 0 aromatic heterocycles. The van der Waals surface area contributed by atoms with Gasteiger partial charge in [0.15, 0.2) is 5.78 Å². The maximum Gasteiger partial charge on any atom is 0.164 e. The Morgan fingerprint density at radius 3 is 2.12 bits per heavy atom. The third kappa shape index (κ3) is 4.54. The zero-order chi connectivity index (χ0) is 12.7. The summed E-state index contributed by atoms with van der Waals surface area (Å²) in [6, 6.07) is 0. The Morgan fingerprint density at radius 1 is 1.12 bits per heavy atom. The first-order valence-corrected chi connectivity index (χ1v) is 5.31. The lowest BCUT2D eigenvalue weighted by atomic mass is 9.98. The molecule has 96 valence electrons. The van der Waals surface area contributed by atoms with E-state index in [1.165, 1.54) is 0 Å². The highest BCUT2D eigenvalue weighted by atomic mass is 16.4. The van der Waals surface area contributed by atoms with Gasteiger partial charge in [-0.3, -0.25) is 4.79 Å². The third-order valence-corrected chi connectivity index (χ3v) is 2.36. The molecule has 0 fully saturated rings. The molecule has 0 saturated carbocycles. The van der Waals surface area contributed by atoms with Crippen LogP contribution in [0.15, 0.2) is 0 Å². The standard InChI is InChI=1S/C10H20O6/c1-2-3-4-6(12)8(14)10(16)9(15)7(13)5-11/h7-11,13-16H,2-5H2,1H3/t7-,8+,9+,10-/m1/s1. The van der Waals surface area contributed by atoms with Gasteiger partial charge < -0.3 is 25.5 Å². The topological polar surface area (TPSA) is 118 Å². The second-order valence-electron chi connectivity index (χ2n) is 3.75. The maximum atomic E-state index is 11.3. The molecule has 0 radical (unpaired) electrons. The van der Waals surface area contributed by atoms with Crippen molar-refractivity contribution in [1.82, 2.24) is 0 Å². The van der Waals surface area contributed by atoms with Crippen LogP contribution in [0.5, 0.6) is 0 Å². The minimum Gasteiger partial charge on any atom is -0.394 e. The summed E-state index contributed by atoms with van der Waals surface area (Å²) in [6.07, 6.45) is -5.38.